The van der Waals surface area contributed by atoms with Crippen LogP contribution in [0.1, 0.15) is 0 Å². The number of benzene rings is 9. The summed E-state index contributed by atoms with van der Waals surface area (Å²) in [5.74, 6) is 1.95. The van der Waals surface area contributed by atoms with Gasteiger partial charge in [-0.3, -0.25) is 0 Å². The highest BCUT2D eigenvalue weighted by Crippen LogP contribution is 2.48. The molecule has 3 heteroatoms. The van der Waals surface area contributed by atoms with Crippen molar-refractivity contribution >= 4 is 21.5 Å². The lowest BCUT2D eigenvalue weighted by atomic mass is 9.90. The third kappa shape index (κ3) is 5.49. The number of hydrogen-bond acceptors (Lipinski definition) is 3. The second-order valence-electron chi connectivity index (χ2n) is 14.4. The Hall–Kier alpha value is -7.49. The van der Waals surface area contributed by atoms with Crippen molar-refractivity contribution in [3.63, 3.8) is 0 Å². The maximum atomic E-state index is 4.96. The SMILES string of the molecule is c1ccc(-c2nc(-c3ccccc3)nc(-c3ccc(-c4cc5ccccc5cc4-c4ccc(-c5ccc6c(c5)-c5cccc7cccc-6c57)cc4)cc3)n2)cc1. The minimum Gasteiger partial charge on any atom is -0.208 e. The van der Waals surface area contributed by atoms with Crippen LogP contribution in [0, 0.1) is 0 Å². The molecule has 0 fully saturated rings. The zero-order chi connectivity index (χ0) is 37.0. The monoisotopic (exact) mass is 711 g/mol. The molecule has 0 atom stereocenters. The lowest BCUT2D eigenvalue weighted by molar-refractivity contribution is 1.07. The molecule has 0 saturated heterocycles. The van der Waals surface area contributed by atoms with Crippen molar-refractivity contribution in [1.29, 1.82) is 0 Å². The van der Waals surface area contributed by atoms with Crippen molar-refractivity contribution in [2.24, 2.45) is 0 Å². The average Bonchev–Trinajstić information content (AvgIpc) is 3.60. The predicted molar refractivity (Wildman–Crippen MR) is 232 cm³/mol. The second kappa shape index (κ2) is 13.1. The first-order chi connectivity index (χ1) is 27.7. The van der Waals surface area contributed by atoms with E-state index >= 15 is 0 Å². The first-order valence-electron chi connectivity index (χ1n) is 19.0. The van der Waals surface area contributed by atoms with E-state index in [1.165, 1.54) is 71.6 Å². The fourth-order valence-corrected chi connectivity index (χ4v) is 8.27. The molecule has 260 valence electrons. The quantitative estimate of drug-likeness (QED) is 0.172. The van der Waals surface area contributed by atoms with Crippen LogP contribution in [-0.2, 0) is 0 Å². The van der Waals surface area contributed by atoms with E-state index in [4.69, 9.17) is 15.0 Å². The van der Waals surface area contributed by atoms with Crippen LogP contribution in [0.4, 0.5) is 0 Å². The summed E-state index contributed by atoms with van der Waals surface area (Å²) in [7, 11) is 0. The Labute approximate surface area is 325 Å². The van der Waals surface area contributed by atoms with Crippen LogP contribution in [0.2, 0.25) is 0 Å². The number of rotatable bonds is 6. The van der Waals surface area contributed by atoms with Crippen LogP contribution in [0.15, 0.2) is 200 Å². The van der Waals surface area contributed by atoms with Gasteiger partial charge in [-0.1, -0.05) is 182 Å². The molecule has 0 radical (unpaired) electrons. The summed E-state index contributed by atoms with van der Waals surface area (Å²) in [6.45, 7) is 0. The van der Waals surface area contributed by atoms with Gasteiger partial charge in [-0.25, -0.2) is 15.0 Å². The van der Waals surface area contributed by atoms with E-state index in [1.54, 1.807) is 0 Å². The summed E-state index contributed by atoms with van der Waals surface area (Å²) in [4.78, 5) is 14.8. The molecule has 0 amide bonds. The molecule has 1 heterocycles. The second-order valence-corrected chi connectivity index (χ2v) is 14.4. The molecule has 9 aromatic carbocycles. The standard InChI is InChI=1S/C53H33N3/c1-3-11-38(12-4-1)51-54-52(39-13-5-2-6-14-39)56-53(55-51)40-27-25-36(26-28-40)48-32-42-16-8-7-15-41(42)31-47(48)35-23-21-34(22-24-35)43-29-30-44-45-19-9-17-37-18-10-20-46(50(37)45)49(44)33-43/h1-33H. The van der Waals surface area contributed by atoms with Crippen molar-refractivity contribution < 1.29 is 0 Å². The van der Waals surface area contributed by atoms with Gasteiger partial charge in [0.15, 0.2) is 17.5 Å². The maximum Gasteiger partial charge on any atom is 0.164 e. The summed E-state index contributed by atoms with van der Waals surface area (Å²) in [6.07, 6.45) is 0. The maximum absolute atomic E-state index is 4.96. The average molecular weight is 712 g/mol. The van der Waals surface area contributed by atoms with Gasteiger partial charge in [0.1, 0.15) is 0 Å². The van der Waals surface area contributed by atoms with Gasteiger partial charge >= 0.3 is 0 Å². The third-order valence-electron chi connectivity index (χ3n) is 11.1. The minimum absolute atomic E-state index is 0.644. The van der Waals surface area contributed by atoms with E-state index in [9.17, 15) is 0 Å². The largest absolute Gasteiger partial charge is 0.208 e. The van der Waals surface area contributed by atoms with Crippen molar-refractivity contribution in [3.8, 4) is 89.8 Å². The molecule has 3 nitrogen and oxygen atoms in total. The van der Waals surface area contributed by atoms with E-state index in [-0.39, 0.29) is 0 Å². The summed E-state index contributed by atoms with van der Waals surface area (Å²) in [6, 6.07) is 71.3. The van der Waals surface area contributed by atoms with Crippen molar-refractivity contribution in [3.05, 3.63) is 200 Å². The zero-order valence-corrected chi connectivity index (χ0v) is 30.4. The summed E-state index contributed by atoms with van der Waals surface area (Å²) in [5, 5.41) is 5.07. The Morgan fingerprint density at radius 1 is 0.214 bits per heavy atom. The van der Waals surface area contributed by atoms with E-state index in [0.29, 0.717) is 17.5 Å². The van der Waals surface area contributed by atoms with Crippen LogP contribution >= 0.6 is 0 Å². The Morgan fingerprint density at radius 3 is 1.16 bits per heavy atom. The van der Waals surface area contributed by atoms with Gasteiger partial charge in [0.2, 0.25) is 0 Å². The van der Waals surface area contributed by atoms with Gasteiger partial charge in [0.25, 0.3) is 0 Å². The van der Waals surface area contributed by atoms with Gasteiger partial charge in [0.05, 0.1) is 0 Å². The lowest BCUT2D eigenvalue weighted by Gasteiger charge is -2.14. The van der Waals surface area contributed by atoms with Crippen LogP contribution in [0.5, 0.6) is 0 Å². The summed E-state index contributed by atoms with van der Waals surface area (Å²) < 4.78 is 0. The number of fused-ring (bicyclic) bond motifs is 4. The van der Waals surface area contributed by atoms with Crippen LogP contribution in [-0.4, -0.2) is 15.0 Å². The predicted octanol–water partition coefficient (Wildman–Crippen LogP) is 13.8. The Bertz CT molecular complexity index is 3030. The molecule has 1 aromatic heterocycles. The van der Waals surface area contributed by atoms with Gasteiger partial charge in [-0.2, -0.15) is 0 Å². The fourth-order valence-electron chi connectivity index (χ4n) is 8.27. The molecule has 11 rings (SSSR count). The van der Waals surface area contributed by atoms with Gasteiger partial charge in [0, 0.05) is 16.7 Å². The third-order valence-corrected chi connectivity index (χ3v) is 11.1. The lowest BCUT2D eigenvalue weighted by Crippen LogP contribution is -2.00. The Balaban J connectivity index is 0.965. The van der Waals surface area contributed by atoms with Crippen molar-refractivity contribution in [2.75, 3.05) is 0 Å². The molecule has 1 aliphatic carbocycles. The Kier molecular flexibility index (Phi) is 7.49. The molecule has 0 saturated carbocycles. The molecule has 0 spiro atoms. The highest BCUT2D eigenvalue weighted by atomic mass is 15.0. The molecule has 1 aliphatic rings. The highest BCUT2D eigenvalue weighted by molar-refractivity contribution is 6.15. The minimum atomic E-state index is 0.644. The molecule has 0 bridgehead atoms. The summed E-state index contributed by atoms with van der Waals surface area (Å²) in [5.41, 5.74) is 15.2. The van der Waals surface area contributed by atoms with Crippen LogP contribution < -0.4 is 0 Å². The number of aromatic nitrogens is 3. The smallest absolute Gasteiger partial charge is 0.164 e. The normalized spacial score (nSPS) is 11.6. The van der Waals surface area contributed by atoms with E-state index < -0.39 is 0 Å². The number of nitrogens with zero attached hydrogens (tertiary/aromatic N) is 3. The van der Waals surface area contributed by atoms with Crippen molar-refractivity contribution in [2.45, 2.75) is 0 Å². The van der Waals surface area contributed by atoms with Crippen molar-refractivity contribution in [1.82, 2.24) is 15.0 Å². The number of hydrogen-bond donors (Lipinski definition) is 0. The van der Waals surface area contributed by atoms with Crippen LogP contribution in [0.25, 0.3) is 111 Å². The van der Waals surface area contributed by atoms with E-state index in [0.717, 1.165) is 22.3 Å². The van der Waals surface area contributed by atoms with Gasteiger partial charge < -0.3 is 0 Å². The molecule has 10 aromatic rings. The first kappa shape index (κ1) is 32.0. The zero-order valence-electron chi connectivity index (χ0n) is 30.4. The summed E-state index contributed by atoms with van der Waals surface area (Å²) >= 11 is 0. The fraction of sp³-hybridized carbons (Fsp3) is 0. The highest BCUT2D eigenvalue weighted by Gasteiger charge is 2.21. The molecule has 0 unspecified atom stereocenters. The Morgan fingerprint density at radius 2 is 0.625 bits per heavy atom. The van der Waals surface area contributed by atoms with Gasteiger partial charge in [-0.15, -0.1) is 0 Å². The molecule has 0 aliphatic heterocycles. The topological polar surface area (TPSA) is 38.7 Å². The molecular weight excluding hydrogens is 679 g/mol. The first-order valence-corrected chi connectivity index (χ1v) is 19.0. The van der Waals surface area contributed by atoms with E-state index in [1.807, 2.05) is 60.7 Å². The van der Waals surface area contributed by atoms with Gasteiger partial charge in [-0.05, 0) is 95.4 Å². The molecule has 56 heavy (non-hydrogen) atoms. The molecule has 0 N–H and O–H groups in total. The van der Waals surface area contributed by atoms with Crippen LogP contribution in [0.3, 0.4) is 0 Å². The van der Waals surface area contributed by atoms with E-state index in [2.05, 4.69) is 140 Å². The molecular formula is C53H33N3.